The highest BCUT2D eigenvalue weighted by Gasteiger charge is 2.63. The van der Waals surface area contributed by atoms with Gasteiger partial charge in [0.2, 0.25) is 5.79 Å². The summed E-state index contributed by atoms with van der Waals surface area (Å²) in [5, 5.41) is 121. The lowest BCUT2D eigenvalue weighted by atomic mass is 9.83. The van der Waals surface area contributed by atoms with E-state index < -0.39 is 111 Å². The standard InChI is InChI=1S/C18H32O16/c19-1-4-7(22)9(24)11(26)16(31-4)18(30)15(29)13(28)14(6(3-21)34-18)33-17-12(27)10(25)8(23)5(2-20)32-17/h4-17,19-30H,1-3H2/t4-,5-,6-,7-,8+,9+,10+,11-,12-,13+,14-,15-,16?,17+,18?/m1/s1. The summed E-state index contributed by atoms with van der Waals surface area (Å²) in [6.07, 6.45) is -25.9. The summed E-state index contributed by atoms with van der Waals surface area (Å²) in [5.41, 5.74) is 0. The fraction of sp³-hybridized carbons (Fsp3) is 1.00. The molecule has 3 fully saturated rings. The van der Waals surface area contributed by atoms with Crippen molar-refractivity contribution in [3.05, 3.63) is 0 Å². The number of hydrogen-bond donors (Lipinski definition) is 12. The third-order valence-electron chi connectivity index (χ3n) is 6.41. The van der Waals surface area contributed by atoms with E-state index in [-0.39, 0.29) is 0 Å². The van der Waals surface area contributed by atoms with Gasteiger partial charge in [-0.15, -0.1) is 0 Å². The van der Waals surface area contributed by atoms with Crippen LogP contribution in [-0.2, 0) is 18.9 Å². The molecule has 0 aromatic rings. The Balaban J connectivity index is 1.83. The lowest BCUT2D eigenvalue weighted by Gasteiger charge is -2.53. The molecule has 16 heteroatoms. The smallest absolute Gasteiger partial charge is 0.225 e. The minimum atomic E-state index is -3.00. The van der Waals surface area contributed by atoms with Gasteiger partial charge in [-0.3, -0.25) is 0 Å². The summed E-state index contributed by atoms with van der Waals surface area (Å²) in [6.45, 7) is -2.62. The van der Waals surface area contributed by atoms with Gasteiger partial charge in [0.15, 0.2) is 6.29 Å². The van der Waals surface area contributed by atoms with E-state index in [1.54, 1.807) is 0 Å². The molecule has 0 aromatic heterocycles. The molecule has 15 atom stereocenters. The molecular weight excluding hydrogens is 472 g/mol. The topological polar surface area (TPSA) is 280 Å². The molecule has 200 valence electrons. The van der Waals surface area contributed by atoms with Crippen LogP contribution in [-0.4, -0.2) is 173 Å². The van der Waals surface area contributed by atoms with Crippen LogP contribution in [0, 0.1) is 0 Å². The van der Waals surface area contributed by atoms with E-state index in [2.05, 4.69) is 0 Å². The molecule has 3 aliphatic heterocycles. The third-order valence-corrected chi connectivity index (χ3v) is 6.41. The van der Waals surface area contributed by atoms with Crippen molar-refractivity contribution in [3.8, 4) is 0 Å². The largest absolute Gasteiger partial charge is 0.394 e. The Bertz CT molecular complexity index is 664. The molecule has 0 amide bonds. The quantitative estimate of drug-likeness (QED) is 0.160. The zero-order chi connectivity index (χ0) is 25.5. The van der Waals surface area contributed by atoms with Crippen LogP contribution in [0.3, 0.4) is 0 Å². The fourth-order valence-corrected chi connectivity index (χ4v) is 4.35. The molecule has 2 unspecified atom stereocenters. The fourth-order valence-electron chi connectivity index (χ4n) is 4.35. The molecule has 3 rings (SSSR count). The van der Waals surface area contributed by atoms with E-state index in [1.165, 1.54) is 0 Å². The highest BCUT2D eigenvalue weighted by atomic mass is 16.7. The van der Waals surface area contributed by atoms with E-state index in [9.17, 15) is 61.3 Å². The number of aliphatic hydroxyl groups is 12. The van der Waals surface area contributed by atoms with Crippen LogP contribution in [0.4, 0.5) is 0 Å². The van der Waals surface area contributed by atoms with E-state index in [4.69, 9.17) is 18.9 Å². The van der Waals surface area contributed by atoms with Gasteiger partial charge in [-0.1, -0.05) is 0 Å². The number of aliphatic hydroxyl groups excluding tert-OH is 11. The average molecular weight is 504 g/mol. The molecular formula is C18H32O16. The molecule has 0 aromatic carbocycles. The predicted molar refractivity (Wildman–Crippen MR) is 101 cm³/mol. The number of rotatable bonds is 6. The minimum Gasteiger partial charge on any atom is -0.394 e. The maximum absolute atomic E-state index is 11.0. The summed E-state index contributed by atoms with van der Waals surface area (Å²) in [6, 6.07) is 0. The van der Waals surface area contributed by atoms with Crippen LogP contribution >= 0.6 is 0 Å². The summed E-state index contributed by atoms with van der Waals surface area (Å²) in [5.74, 6) is -3.00. The van der Waals surface area contributed by atoms with Gasteiger partial charge in [0.1, 0.15) is 79.4 Å². The highest BCUT2D eigenvalue weighted by molar-refractivity contribution is 5.06. The lowest BCUT2D eigenvalue weighted by molar-refractivity contribution is -0.420. The molecule has 16 nitrogen and oxygen atoms in total. The SMILES string of the molecule is OC[C@H]1O[C@@H](O[C@H]2[C@H](O)[C@@H](O)C(O)(C3O[C@H](CO)[C@@H](O)[C@H](O)[C@H]3O)O[C@@H]2CO)[C@H](O)[C@@H](O)[C@H]1O. The van der Waals surface area contributed by atoms with Crippen molar-refractivity contribution >= 4 is 0 Å². The molecule has 3 heterocycles. The van der Waals surface area contributed by atoms with Gasteiger partial charge in [0.05, 0.1) is 19.8 Å². The van der Waals surface area contributed by atoms with Crippen LogP contribution in [0.1, 0.15) is 0 Å². The van der Waals surface area contributed by atoms with Gasteiger partial charge in [-0.2, -0.15) is 0 Å². The second-order valence-corrected chi connectivity index (χ2v) is 8.57. The van der Waals surface area contributed by atoms with E-state index in [0.29, 0.717) is 0 Å². The van der Waals surface area contributed by atoms with E-state index in [0.717, 1.165) is 0 Å². The van der Waals surface area contributed by atoms with Crippen molar-refractivity contribution in [1.29, 1.82) is 0 Å². The van der Waals surface area contributed by atoms with Crippen molar-refractivity contribution in [3.63, 3.8) is 0 Å². The Kier molecular flexibility index (Phi) is 8.85. The Labute approximate surface area is 192 Å². The molecule has 0 spiro atoms. The molecule has 34 heavy (non-hydrogen) atoms. The predicted octanol–water partition coefficient (Wildman–Crippen LogP) is -8.18. The average Bonchev–Trinajstić information content (AvgIpc) is 2.82. The Morgan fingerprint density at radius 2 is 1.09 bits per heavy atom. The van der Waals surface area contributed by atoms with E-state index >= 15 is 0 Å². The van der Waals surface area contributed by atoms with Crippen LogP contribution in [0.15, 0.2) is 0 Å². The van der Waals surface area contributed by atoms with Gasteiger partial charge in [0.25, 0.3) is 0 Å². The van der Waals surface area contributed by atoms with Gasteiger partial charge in [-0.25, -0.2) is 0 Å². The molecule has 0 aliphatic carbocycles. The van der Waals surface area contributed by atoms with Crippen molar-refractivity contribution in [2.45, 2.75) is 91.4 Å². The second-order valence-electron chi connectivity index (χ2n) is 8.57. The van der Waals surface area contributed by atoms with Crippen molar-refractivity contribution < 1.29 is 80.2 Å². The number of ether oxygens (including phenoxy) is 4. The molecule has 0 saturated carbocycles. The first-order chi connectivity index (χ1) is 15.9. The summed E-state index contributed by atoms with van der Waals surface area (Å²) >= 11 is 0. The highest BCUT2D eigenvalue weighted by Crippen LogP contribution is 2.39. The van der Waals surface area contributed by atoms with Crippen LogP contribution in [0.5, 0.6) is 0 Å². The van der Waals surface area contributed by atoms with Crippen molar-refractivity contribution in [2.24, 2.45) is 0 Å². The zero-order valence-corrected chi connectivity index (χ0v) is 17.7. The van der Waals surface area contributed by atoms with Crippen LogP contribution in [0.25, 0.3) is 0 Å². The van der Waals surface area contributed by atoms with Crippen molar-refractivity contribution in [2.75, 3.05) is 19.8 Å². The second kappa shape index (κ2) is 10.8. The zero-order valence-electron chi connectivity index (χ0n) is 17.7. The Hall–Kier alpha value is -0.640. The van der Waals surface area contributed by atoms with Gasteiger partial charge >= 0.3 is 0 Å². The van der Waals surface area contributed by atoms with Gasteiger partial charge in [-0.05, 0) is 0 Å². The third kappa shape index (κ3) is 4.71. The maximum Gasteiger partial charge on any atom is 0.225 e. The first-order valence-corrected chi connectivity index (χ1v) is 10.6. The van der Waals surface area contributed by atoms with Gasteiger partial charge in [0, 0.05) is 0 Å². The first-order valence-electron chi connectivity index (χ1n) is 10.6. The summed E-state index contributed by atoms with van der Waals surface area (Å²) in [7, 11) is 0. The Morgan fingerprint density at radius 1 is 0.588 bits per heavy atom. The molecule has 3 aliphatic rings. The minimum absolute atomic E-state index is 0.780. The molecule has 0 radical (unpaired) electrons. The Morgan fingerprint density at radius 3 is 1.62 bits per heavy atom. The molecule has 12 N–H and O–H groups in total. The number of hydrogen-bond acceptors (Lipinski definition) is 16. The summed E-state index contributed by atoms with van der Waals surface area (Å²) < 4.78 is 21.1. The lowest BCUT2D eigenvalue weighted by Crippen LogP contribution is -2.75. The van der Waals surface area contributed by atoms with E-state index in [1.807, 2.05) is 0 Å². The molecule has 3 saturated heterocycles. The first kappa shape index (κ1) is 27.9. The van der Waals surface area contributed by atoms with Gasteiger partial charge < -0.3 is 80.2 Å². The summed E-state index contributed by atoms with van der Waals surface area (Å²) in [4.78, 5) is 0. The monoisotopic (exact) mass is 504 g/mol. The maximum atomic E-state index is 11.0. The molecule has 0 bridgehead atoms. The van der Waals surface area contributed by atoms with Crippen LogP contribution in [0.2, 0.25) is 0 Å². The van der Waals surface area contributed by atoms with Crippen molar-refractivity contribution in [1.82, 2.24) is 0 Å². The van der Waals surface area contributed by atoms with Crippen LogP contribution < -0.4 is 0 Å². The normalized spacial score (nSPS) is 54.7.